The van der Waals surface area contributed by atoms with Crippen LogP contribution in [-0.2, 0) is 13.6 Å². The summed E-state index contributed by atoms with van der Waals surface area (Å²) in [6.07, 6.45) is 7.14. The average molecular weight is 239 g/mol. The minimum atomic E-state index is 0.726. The topological polar surface area (TPSA) is 55.6 Å². The Morgan fingerprint density at radius 1 is 1.17 bits per heavy atom. The summed E-state index contributed by atoms with van der Waals surface area (Å²) >= 11 is 0. The zero-order chi connectivity index (χ0) is 12.4. The summed E-state index contributed by atoms with van der Waals surface area (Å²) in [6, 6.07) is 5.98. The van der Waals surface area contributed by atoms with E-state index in [1.165, 1.54) is 5.56 Å². The Morgan fingerprint density at radius 2 is 2.00 bits per heavy atom. The van der Waals surface area contributed by atoms with Crippen LogP contribution in [0.2, 0.25) is 0 Å². The fourth-order valence-electron chi connectivity index (χ4n) is 1.91. The van der Waals surface area contributed by atoms with Gasteiger partial charge in [0.05, 0.1) is 5.39 Å². The molecular weight excluding hydrogens is 226 g/mol. The summed E-state index contributed by atoms with van der Waals surface area (Å²) in [5.74, 6) is 0.859. The number of anilines is 1. The number of nitrogens with one attached hydrogen (secondary N) is 1. The average Bonchev–Trinajstić information content (AvgIpc) is 2.80. The lowest BCUT2D eigenvalue weighted by Gasteiger charge is -2.06. The molecule has 3 rings (SSSR count). The Bertz CT molecular complexity index is 659. The smallest absolute Gasteiger partial charge is 0.145 e. The third-order valence-corrected chi connectivity index (χ3v) is 2.87. The van der Waals surface area contributed by atoms with Gasteiger partial charge in [0.2, 0.25) is 0 Å². The van der Waals surface area contributed by atoms with Crippen LogP contribution < -0.4 is 5.32 Å². The van der Waals surface area contributed by atoms with Crippen LogP contribution in [0.4, 0.5) is 5.82 Å². The second kappa shape index (κ2) is 4.44. The molecular formula is C13H13N5. The van der Waals surface area contributed by atoms with Gasteiger partial charge >= 0.3 is 0 Å². The Morgan fingerprint density at radius 3 is 2.83 bits per heavy atom. The van der Waals surface area contributed by atoms with E-state index in [9.17, 15) is 0 Å². The quantitative estimate of drug-likeness (QED) is 0.759. The summed E-state index contributed by atoms with van der Waals surface area (Å²) in [6.45, 7) is 0.726. The number of aryl methyl sites for hydroxylation is 1. The van der Waals surface area contributed by atoms with Crippen molar-refractivity contribution in [1.82, 2.24) is 19.5 Å². The van der Waals surface area contributed by atoms with E-state index in [0.717, 1.165) is 23.4 Å². The van der Waals surface area contributed by atoms with Gasteiger partial charge in [0.1, 0.15) is 17.8 Å². The fraction of sp³-hybridized carbons (Fsp3) is 0.154. The molecule has 90 valence electrons. The van der Waals surface area contributed by atoms with Gasteiger partial charge in [-0.25, -0.2) is 9.97 Å². The Balaban J connectivity index is 1.87. The largest absolute Gasteiger partial charge is 0.365 e. The summed E-state index contributed by atoms with van der Waals surface area (Å²) in [5, 5.41) is 4.36. The van der Waals surface area contributed by atoms with Crippen molar-refractivity contribution in [2.75, 3.05) is 5.32 Å². The second-order valence-corrected chi connectivity index (χ2v) is 4.10. The van der Waals surface area contributed by atoms with E-state index in [2.05, 4.69) is 20.3 Å². The van der Waals surface area contributed by atoms with Crippen LogP contribution in [-0.4, -0.2) is 19.5 Å². The number of fused-ring (bicyclic) bond motifs is 1. The molecule has 0 radical (unpaired) electrons. The maximum atomic E-state index is 4.28. The molecule has 3 aromatic heterocycles. The molecule has 3 heterocycles. The van der Waals surface area contributed by atoms with Gasteiger partial charge < -0.3 is 9.88 Å². The first-order valence-electron chi connectivity index (χ1n) is 5.73. The van der Waals surface area contributed by atoms with Crippen molar-refractivity contribution in [3.8, 4) is 0 Å². The van der Waals surface area contributed by atoms with Crippen molar-refractivity contribution < 1.29 is 0 Å². The standard InChI is InChI=1S/C13H13N5/c1-18-7-4-11-12(16-9-17-13(11)18)15-8-10-2-5-14-6-3-10/h2-7,9H,8H2,1H3,(H,15,16,17). The fourth-order valence-corrected chi connectivity index (χ4v) is 1.91. The van der Waals surface area contributed by atoms with Crippen molar-refractivity contribution in [3.63, 3.8) is 0 Å². The zero-order valence-corrected chi connectivity index (χ0v) is 10.0. The SMILES string of the molecule is Cn1ccc2c(NCc3ccncc3)ncnc21. The van der Waals surface area contributed by atoms with Crippen molar-refractivity contribution in [1.29, 1.82) is 0 Å². The van der Waals surface area contributed by atoms with Gasteiger partial charge in [0.15, 0.2) is 0 Å². The zero-order valence-electron chi connectivity index (χ0n) is 10.0. The lowest BCUT2D eigenvalue weighted by molar-refractivity contribution is 0.943. The van der Waals surface area contributed by atoms with Crippen molar-refractivity contribution >= 4 is 16.9 Å². The lowest BCUT2D eigenvalue weighted by atomic mass is 10.2. The minimum absolute atomic E-state index is 0.726. The maximum absolute atomic E-state index is 4.28. The summed E-state index contributed by atoms with van der Waals surface area (Å²) in [7, 11) is 1.97. The van der Waals surface area contributed by atoms with Gasteiger partial charge in [-0.05, 0) is 23.8 Å². The summed E-state index contributed by atoms with van der Waals surface area (Å²) in [5.41, 5.74) is 2.11. The first kappa shape index (κ1) is 10.7. The van der Waals surface area contributed by atoms with E-state index in [4.69, 9.17) is 0 Å². The molecule has 0 unspecified atom stereocenters. The van der Waals surface area contributed by atoms with Crippen molar-refractivity contribution in [2.45, 2.75) is 6.54 Å². The second-order valence-electron chi connectivity index (χ2n) is 4.10. The number of aromatic nitrogens is 4. The van der Waals surface area contributed by atoms with E-state index < -0.39 is 0 Å². The van der Waals surface area contributed by atoms with E-state index in [1.54, 1.807) is 18.7 Å². The van der Waals surface area contributed by atoms with Gasteiger partial charge in [0, 0.05) is 32.2 Å². The van der Waals surface area contributed by atoms with Crippen LogP contribution in [0.1, 0.15) is 5.56 Å². The normalized spacial score (nSPS) is 10.7. The molecule has 0 spiro atoms. The highest BCUT2D eigenvalue weighted by molar-refractivity contribution is 5.87. The highest BCUT2D eigenvalue weighted by Crippen LogP contribution is 2.19. The maximum Gasteiger partial charge on any atom is 0.145 e. The molecule has 3 aromatic rings. The predicted molar refractivity (Wildman–Crippen MR) is 70.1 cm³/mol. The molecule has 0 aromatic carbocycles. The van der Waals surface area contributed by atoms with Crippen LogP contribution in [0.15, 0.2) is 43.1 Å². The molecule has 0 aliphatic heterocycles. The Kier molecular flexibility index (Phi) is 2.64. The van der Waals surface area contributed by atoms with Crippen LogP contribution in [0.25, 0.3) is 11.0 Å². The third kappa shape index (κ3) is 1.90. The first-order valence-corrected chi connectivity index (χ1v) is 5.73. The van der Waals surface area contributed by atoms with Gasteiger partial charge in [0.25, 0.3) is 0 Å². The third-order valence-electron chi connectivity index (χ3n) is 2.87. The Labute approximate surface area is 105 Å². The molecule has 1 N–H and O–H groups in total. The number of hydrogen-bond acceptors (Lipinski definition) is 4. The van der Waals surface area contributed by atoms with E-state index in [0.29, 0.717) is 0 Å². The molecule has 0 bridgehead atoms. The van der Waals surface area contributed by atoms with Crippen molar-refractivity contribution in [2.24, 2.45) is 7.05 Å². The molecule has 0 amide bonds. The predicted octanol–water partition coefficient (Wildman–Crippen LogP) is 1.98. The summed E-state index contributed by atoms with van der Waals surface area (Å²) < 4.78 is 1.98. The molecule has 0 atom stereocenters. The molecule has 0 saturated heterocycles. The van der Waals surface area contributed by atoms with Crippen LogP contribution in [0.5, 0.6) is 0 Å². The Hall–Kier alpha value is -2.43. The molecule has 5 nitrogen and oxygen atoms in total. The first-order chi connectivity index (χ1) is 8.84. The highest BCUT2D eigenvalue weighted by atomic mass is 15.1. The van der Waals surface area contributed by atoms with Gasteiger partial charge in [-0.2, -0.15) is 0 Å². The number of pyridine rings is 1. The van der Waals surface area contributed by atoms with Gasteiger partial charge in [-0.15, -0.1) is 0 Å². The molecule has 0 aliphatic rings. The van der Waals surface area contributed by atoms with Crippen LogP contribution in [0, 0.1) is 0 Å². The van der Waals surface area contributed by atoms with Gasteiger partial charge in [-0.3, -0.25) is 4.98 Å². The molecule has 0 fully saturated rings. The van der Waals surface area contributed by atoms with E-state index in [1.807, 2.05) is 36.0 Å². The number of hydrogen-bond donors (Lipinski definition) is 1. The minimum Gasteiger partial charge on any atom is -0.365 e. The molecule has 0 aliphatic carbocycles. The number of rotatable bonds is 3. The lowest BCUT2D eigenvalue weighted by Crippen LogP contribution is -2.02. The molecule has 18 heavy (non-hydrogen) atoms. The van der Waals surface area contributed by atoms with Crippen molar-refractivity contribution in [3.05, 3.63) is 48.7 Å². The van der Waals surface area contributed by atoms with E-state index >= 15 is 0 Å². The molecule has 0 saturated carbocycles. The van der Waals surface area contributed by atoms with Crippen LogP contribution >= 0.6 is 0 Å². The van der Waals surface area contributed by atoms with Gasteiger partial charge in [-0.1, -0.05) is 0 Å². The number of nitrogens with zero attached hydrogens (tertiary/aromatic N) is 4. The monoisotopic (exact) mass is 239 g/mol. The van der Waals surface area contributed by atoms with Crippen LogP contribution in [0.3, 0.4) is 0 Å². The highest BCUT2D eigenvalue weighted by Gasteiger charge is 2.05. The summed E-state index contributed by atoms with van der Waals surface area (Å²) in [4.78, 5) is 12.5. The van der Waals surface area contributed by atoms with E-state index in [-0.39, 0.29) is 0 Å². The molecule has 5 heteroatoms.